The van der Waals surface area contributed by atoms with Crippen LogP contribution in [0.25, 0.3) is 0 Å². The van der Waals surface area contributed by atoms with Gasteiger partial charge in [-0.2, -0.15) is 0 Å². The third kappa shape index (κ3) is 8.75. The molecule has 37 heavy (non-hydrogen) atoms. The summed E-state index contributed by atoms with van der Waals surface area (Å²) in [6.07, 6.45) is 1.78. The molecule has 0 spiro atoms. The first-order valence-corrected chi connectivity index (χ1v) is 12.1. The van der Waals surface area contributed by atoms with Crippen molar-refractivity contribution in [2.45, 2.75) is 58.8 Å². The molecule has 0 saturated heterocycles. The van der Waals surface area contributed by atoms with E-state index in [1.54, 1.807) is 14.0 Å². The van der Waals surface area contributed by atoms with Gasteiger partial charge in [0.1, 0.15) is 24.0 Å². The molecule has 202 valence electrons. The lowest BCUT2D eigenvalue weighted by Crippen LogP contribution is -2.45. The summed E-state index contributed by atoms with van der Waals surface area (Å²) >= 11 is 0. The molecule has 0 aliphatic heterocycles. The number of carbonyl (C=O) groups is 3. The lowest BCUT2D eigenvalue weighted by Gasteiger charge is -2.32. The zero-order valence-corrected chi connectivity index (χ0v) is 22.2. The Morgan fingerprint density at radius 1 is 1.05 bits per heavy atom. The van der Waals surface area contributed by atoms with Crippen LogP contribution in [0, 0.1) is 5.92 Å². The minimum absolute atomic E-state index is 0.0557. The van der Waals surface area contributed by atoms with Crippen LogP contribution in [-0.4, -0.2) is 61.9 Å². The molecule has 0 bridgehead atoms. The monoisotopic (exact) mass is 516 g/mol. The van der Waals surface area contributed by atoms with E-state index in [0.717, 1.165) is 12.8 Å². The van der Waals surface area contributed by atoms with Crippen LogP contribution in [0.15, 0.2) is 42.6 Å². The molecule has 0 fully saturated rings. The Kier molecular flexibility index (Phi) is 11.8. The van der Waals surface area contributed by atoms with Gasteiger partial charge in [-0.25, -0.2) is 9.78 Å². The van der Waals surface area contributed by atoms with Gasteiger partial charge in [0.15, 0.2) is 11.4 Å². The molecule has 1 aromatic heterocycles. The molecule has 0 aliphatic rings. The Morgan fingerprint density at radius 3 is 2.35 bits per heavy atom. The normalized spacial score (nSPS) is 14.0. The zero-order valence-electron chi connectivity index (χ0n) is 22.2. The molecule has 0 saturated carbocycles. The Morgan fingerprint density at radius 2 is 1.76 bits per heavy atom. The van der Waals surface area contributed by atoms with Crippen LogP contribution >= 0.6 is 0 Å². The SMILES string of the molecule is CC[C@@H](CCOC)[C@@H](Oc1ccccc1)[C@H](C)OC(=O)[C@@H](C)NC(=O)c1nccc(OC)c1OC(C)=O. The van der Waals surface area contributed by atoms with Gasteiger partial charge in [-0.1, -0.05) is 25.1 Å². The predicted octanol–water partition coefficient (Wildman–Crippen LogP) is 3.58. The molecular weight excluding hydrogens is 480 g/mol. The first-order chi connectivity index (χ1) is 17.7. The predicted molar refractivity (Wildman–Crippen MR) is 136 cm³/mol. The van der Waals surface area contributed by atoms with Gasteiger partial charge in [0.25, 0.3) is 5.91 Å². The Labute approximate surface area is 217 Å². The molecular formula is C27H36N2O8. The summed E-state index contributed by atoms with van der Waals surface area (Å²) in [7, 11) is 3.01. The highest BCUT2D eigenvalue weighted by atomic mass is 16.6. The zero-order chi connectivity index (χ0) is 27.4. The van der Waals surface area contributed by atoms with E-state index in [1.807, 2.05) is 37.3 Å². The van der Waals surface area contributed by atoms with E-state index >= 15 is 0 Å². The number of amides is 1. The quantitative estimate of drug-likeness (QED) is 0.375. The van der Waals surface area contributed by atoms with Crippen LogP contribution in [0.2, 0.25) is 0 Å². The smallest absolute Gasteiger partial charge is 0.328 e. The summed E-state index contributed by atoms with van der Waals surface area (Å²) in [6, 6.07) is 9.74. The molecule has 1 heterocycles. The molecule has 10 heteroatoms. The maximum Gasteiger partial charge on any atom is 0.328 e. The number of nitrogens with one attached hydrogen (secondary N) is 1. The van der Waals surface area contributed by atoms with Crippen molar-refractivity contribution >= 4 is 17.8 Å². The minimum Gasteiger partial charge on any atom is -0.493 e. The Hall–Kier alpha value is -3.66. The van der Waals surface area contributed by atoms with E-state index in [-0.39, 0.29) is 23.1 Å². The maximum atomic E-state index is 12.9. The van der Waals surface area contributed by atoms with E-state index in [4.69, 9.17) is 23.7 Å². The van der Waals surface area contributed by atoms with Crippen molar-refractivity contribution in [2.75, 3.05) is 20.8 Å². The van der Waals surface area contributed by atoms with Crippen molar-refractivity contribution in [3.63, 3.8) is 0 Å². The van der Waals surface area contributed by atoms with E-state index in [2.05, 4.69) is 10.3 Å². The van der Waals surface area contributed by atoms with Crippen molar-refractivity contribution in [1.29, 1.82) is 0 Å². The summed E-state index contributed by atoms with van der Waals surface area (Å²) in [4.78, 5) is 41.4. The highest BCUT2D eigenvalue weighted by molar-refractivity contribution is 5.98. The number of hydrogen-bond donors (Lipinski definition) is 1. The summed E-state index contributed by atoms with van der Waals surface area (Å²) in [5.74, 6) is -1.29. The molecule has 4 atom stereocenters. The molecule has 2 rings (SSSR count). The van der Waals surface area contributed by atoms with Gasteiger partial charge < -0.3 is 29.0 Å². The van der Waals surface area contributed by atoms with Gasteiger partial charge in [0.05, 0.1) is 7.11 Å². The average molecular weight is 517 g/mol. The van der Waals surface area contributed by atoms with Crippen molar-refractivity contribution in [3.8, 4) is 17.2 Å². The van der Waals surface area contributed by atoms with E-state index in [9.17, 15) is 14.4 Å². The Balaban J connectivity index is 2.15. The molecule has 1 amide bonds. The maximum absolute atomic E-state index is 12.9. The number of carbonyl (C=O) groups excluding carboxylic acids is 3. The fourth-order valence-corrected chi connectivity index (χ4v) is 3.77. The lowest BCUT2D eigenvalue weighted by atomic mass is 9.92. The highest BCUT2D eigenvalue weighted by Gasteiger charge is 2.32. The number of hydrogen-bond acceptors (Lipinski definition) is 9. The van der Waals surface area contributed by atoms with Gasteiger partial charge in [-0.05, 0) is 38.8 Å². The van der Waals surface area contributed by atoms with Crippen LogP contribution < -0.4 is 19.5 Å². The number of rotatable bonds is 14. The fraction of sp³-hybridized carbons (Fsp3) is 0.481. The molecule has 0 unspecified atom stereocenters. The highest BCUT2D eigenvalue weighted by Crippen LogP contribution is 2.30. The largest absolute Gasteiger partial charge is 0.493 e. The Bertz CT molecular complexity index is 1030. The van der Waals surface area contributed by atoms with Gasteiger partial charge in [0.2, 0.25) is 5.75 Å². The number of para-hydroxylation sites is 1. The van der Waals surface area contributed by atoms with Crippen molar-refractivity contribution in [3.05, 3.63) is 48.3 Å². The van der Waals surface area contributed by atoms with E-state index in [1.165, 1.54) is 33.2 Å². The second kappa shape index (κ2) is 14.8. The minimum atomic E-state index is -1.02. The fourth-order valence-electron chi connectivity index (χ4n) is 3.77. The van der Waals surface area contributed by atoms with Crippen molar-refractivity contribution < 1.29 is 38.1 Å². The van der Waals surface area contributed by atoms with Crippen LogP contribution in [0.3, 0.4) is 0 Å². The second-order valence-corrected chi connectivity index (χ2v) is 8.47. The molecule has 10 nitrogen and oxygen atoms in total. The number of benzene rings is 1. The summed E-state index contributed by atoms with van der Waals surface area (Å²) in [6.45, 7) is 7.03. The number of esters is 2. The first kappa shape index (κ1) is 29.6. The van der Waals surface area contributed by atoms with Gasteiger partial charge in [-0.15, -0.1) is 0 Å². The van der Waals surface area contributed by atoms with E-state index in [0.29, 0.717) is 12.4 Å². The van der Waals surface area contributed by atoms with Gasteiger partial charge >= 0.3 is 11.9 Å². The van der Waals surface area contributed by atoms with Gasteiger partial charge in [-0.3, -0.25) is 9.59 Å². The molecule has 1 N–H and O–H groups in total. The second-order valence-electron chi connectivity index (χ2n) is 8.47. The van der Waals surface area contributed by atoms with Crippen molar-refractivity contribution in [2.24, 2.45) is 5.92 Å². The number of nitrogens with zero attached hydrogens (tertiary/aromatic N) is 1. The molecule has 2 aromatic rings. The van der Waals surface area contributed by atoms with Crippen molar-refractivity contribution in [1.82, 2.24) is 10.3 Å². The summed E-state index contributed by atoms with van der Waals surface area (Å²) in [5.41, 5.74) is -0.196. The average Bonchev–Trinajstić information content (AvgIpc) is 2.88. The van der Waals surface area contributed by atoms with Gasteiger partial charge in [0, 0.05) is 38.8 Å². The molecule has 0 aliphatic carbocycles. The van der Waals surface area contributed by atoms with Crippen LogP contribution in [0.1, 0.15) is 51.0 Å². The number of aromatic nitrogens is 1. The summed E-state index contributed by atoms with van der Waals surface area (Å²) in [5, 5.41) is 2.55. The third-order valence-corrected chi connectivity index (χ3v) is 5.71. The first-order valence-electron chi connectivity index (χ1n) is 12.1. The van der Waals surface area contributed by atoms with Crippen LogP contribution in [-0.2, 0) is 19.1 Å². The third-order valence-electron chi connectivity index (χ3n) is 5.71. The number of methoxy groups -OCH3 is 2. The summed E-state index contributed by atoms with van der Waals surface area (Å²) < 4.78 is 27.5. The van der Waals surface area contributed by atoms with Crippen LogP contribution in [0.5, 0.6) is 17.2 Å². The topological polar surface area (TPSA) is 122 Å². The van der Waals surface area contributed by atoms with Crippen LogP contribution in [0.4, 0.5) is 0 Å². The van der Waals surface area contributed by atoms with E-state index < -0.39 is 36.1 Å². The molecule has 1 aromatic carbocycles. The number of pyridine rings is 1. The lowest BCUT2D eigenvalue weighted by molar-refractivity contribution is -0.156. The number of ether oxygens (including phenoxy) is 5. The molecule has 0 radical (unpaired) electrons. The standard InChI is InChI=1S/C27H36N2O8/c1-7-20(14-16-33-5)24(37-21-11-9-8-10-12-21)18(3)35-27(32)17(2)29-26(31)23-25(36-19(4)30)22(34-6)13-15-28-23/h8-13,15,17-18,20,24H,7,14,16H2,1-6H3,(H,29,31)/t17-,18+,20+,24+/m1/s1.